The fraction of sp³-hybridized carbons (Fsp3) is 0.571. The highest BCUT2D eigenvalue weighted by Crippen LogP contribution is 2.50. The van der Waals surface area contributed by atoms with E-state index in [1.807, 2.05) is 32.9 Å². The molecule has 142 valence electrons. The van der Waals surface area contributed by atoms with E-state index in [0.717, 1.165) is 17.6 Å². The highest BCUT2D eigenvalue weighted by molar-refractivity contribution is 6.01. The number of aromatic nitrogens is 1. The maximum absolute atomic E-state index is 12.9. The predicted molar refractivity (Wildman–Crippen MR) is 106 cm³/mol. The lowest BCUT2D eigenvalue weighted by atomic mass is 9.54. The van der Waals surface area contributed by atoms with Crippen LogP contribution in [0.4, 0.5) is 5.69 Å². The van der Waals surface area contributed by atoms with Crippen LogP contribution in [0.25, 0.3) is 10.9 Å². The average Bonchev–Trinajstić information content (AvgIpc) is 2.96. The lowest BCUT2D eigenvalue weighted by Crippen LogP contribution is -2.74. The molecule has 2 unspecified atom stereocenters. The van der Waals surface area contributed by atoms with Crippen molar-refractivity contribution in [2.75, 3.05) is 11.9 Å². The van der Waals surface area contributed by atoms with Gasteiger partial charge in [0.1, 0.15) is 5.54 Å². The standard InChI is InChI=1S/C21H31N3O2/c1-6-26-18-12-21(22,20(18,4)5)19(25)23-16-7-8-17-15(11-16)9-10-24(17)13-14(2)3/h7-11,14,18H,6,12-13,22H2,1-5H3,(H,23,25). The number of nitrogens with zero attached hydrogens (tertiary/aromatic N) is 1. The number of rotatable bonds is 6. The first kappa shape index (κ1) is 18.9. The van der Waals surface area contributed by atoms with Crippen molar-refractivity contribution in [3.8, 4) is 0 Å². The molecule has 3 N–H and O–H groups in total. The molecule has 2 atom stereocenters. The number of hydrogen-bond acceptors (Lipinski definition) is 3. The van der Waals surface area contributed by atoms with E-state index in [0.29, 0.717) is 18.9 Å². The zero-order chi connectivity index (χ0) is 19.1. The fourth-order valence-electron chi connectivity index (χ4n) is 3.89. The molecule has 3 rings (SSSR count). The van der Waals surface area contributed by atoms with Crippen molar-refractivity contribution in [3.63, 3.8) is 0 Å². The van der Waals surface area contributed by atoms with Gasteiger partial charge >= 0.3 is 0 Å². The van der Waals surface area contributed by atoms with Crippen LogP contribution in [-0.4, -0.2) is 28.7 Å². The molecule has 0 saturated heterocycles. The van der Waals surface area contributed by atoms with Gasteiger partial charge in [0.15, 0.2) is 0 Å². The molecule has 5 heteroatoms. The first-order valence-corrected chi connectivity index (χ1v) is 9.50. The zero-order valence-electron chi connectivity index (χ0n) is 16.5. The Morgan fingerprint density at radius 1 is 1.38 bits per heavy atom. The zero-order valence-corrected chi connectivity index (χ0v) is 16.5. The number of anilines is 1. The summed E-state index contributed by atoms with van der Waals surface area (Å²) in [5, 5.41) is 4.14. The van der Waals surface area contributed by atoms with Crippen LogP contribution >= 0.6 is 0 Å². The normalized spacial score (nSPS) is 24.7. The summed E-state index contributed by atoms with van der Waals surface area (Å²) < 4.78 is 7.97. The van der Waals surface area contributed by atoms with Crippen LogP contribution in [0, 0.1) is 11.3 Å². The van der Waals surface area contributed by atoms with E-state index < -0.39 is 11.0 Å². The molecule has 1 heterocycles. The van der Waals surface area contributed by atoms with E-state index in [1.54, 1.807) is 0 Å². The minimum absolute atomic E-state index is 0.0239. The number of carbonyl (C=O) groups excluding carboxylic acids is 1. The maximum atomic E-state index is 12.9. The molecule has 2 aromatic rings. The van der Waals surface area contributed by atoms with Crippen LogP contribution in [0.2, 0.25) is 0 Å². The number of hydrogen-bond donors (Lipinski definition) is 2. The molecule has 1 aliphatic carbocycles. The molecule has 0 bridgehead atoms. The molecule has 1 amide bonds. The number of amides is 1. The monoisotopic (exact) mass is 357 g/mol. The van der Waals surface area contributed by atoms with Gasteiger partial charge in [0.25, 0.3) is 0 Å². The summed E-state index contributed by atoms with van der Waals surface area (Å²) in [6.45, 7) is 12.0. The van der Waals surface area contributed by atoms with Crippen LogP contribution < -0.4 is 11.1 Å². The maximum Gasteiger partial charge on any atom is 0.245 e. The molecular formula is C21H31N3O2. The Labute approximate surface area is 155 Å². The molecule has 1 aliphatic rings. The molecule has 1 aromatic heterocycles. The Kier molecular flexibility index (Phi) is 4.88. The Hall–Kier alpha value is -1.85. The van der Waals surface area contributed by atoms with Crippen LogP contribution in [-0.2, 0) is 16.1 Å². The largest absolute Gasteiger partial charge is 0.378 e. The van der Waals surface area contributed by atoms with Crippen molar-refractivity contribution in [3.05, 3.63) is 30.5 Å². The highest BCUT2D eigenvalue weighted by Gasteiger charge is 2.62. The number of nitrogens with two attached hydrogens (primary N) is 1. The Morgan fingerprint density at radius 3 is 2.73 bits per heavy atom. The first-order valence-electron chi connectivity index (χ1n) is 9.50. The van der Waals surface area contributed by atoms with E-state index in [9.17, 15) is 4.79 Å². The van der Waals surface area contributed by atoms with E-state index in [-0.39, 0.29) is 12.0 Å². The van der Waals surface area contributed by atoms with Crippen LogP contribution in [0.5, 0.6) is 0 Å². The van der Waals surface area contributed by atoms with Crippen LogP contribution in [0.15, 0.2) is 30.5 Å². The number of nitrogens with one attached hydrogen (secondary N) is 1. The fourth-order valence-corrected chi connectivity index (χ4v) is 3.89. The van der Waals surface area contributed by atoms with Gasteiger partial charge in [-0.3, -0.25) is 4.79 Å². The topological polar surface area (TPSA) is 69.3 Å². The van der Waals surface area contributed by atoms with Crippen LogP contribution in [0.3, 0.4) is 0 Å². The molecule has 0 spiro atoms. The third kappa shape index (κ3) is 3.03. The number of carbonyl (C=O) groups is 1. The molecule has 1 saturated carbocycles. The van der Waals surface area contributed by atoms with Gasteiger partial charge in [0.2, 0.25) is 5.91 Å². The number of fused-ring (bicyclic) bond motifs is 1. The lowest BCUT2D eigenvalue weighted by Gasteiger charge is -2.57. The minimum Gasteiger partial charge on any atom is -0.378 e. The van der Waals surface area contributed by atoms with E-state index in [1.165, 1.54) is 5.52 Å². The SMILES string of the molecule is CCOC1CC(N)(C(=O)Nc2ccc3c(ccn3CC(C)C)c2)C1(C)C. The molecular weight excluding hydrogens is 326 g/mol. The summed E-state index contributed by atoms with van der Waals surface area (Å²) in [6.07, 6.45) is 2.67. The van der Waals surface area contributed by atoms with Gasteiger partial charge in [-0.15, -0.1) is 0 Å². The molecule has 0 radical (unpaired) electrons. The van der Waals surface area contributed by atoms with Gasteiger partial charge in [0.05, 0.1) is 6.10 Å². The van der Waals surface area contributed by atoms with Crippen molar-refractivity contribution in [1.82, 2.24) is 4.57 Å². The summed E-state index contributed by atoms with van der Waals surface area (Å²) in [7, 11) is 0. The average molecular weight is 357 g/mol. The summed E-state index contributed by atoms with van der Waals surface area (Å²) in [6, 6.07) is 8.11. The number of ether oxygens (including phenoxy) is 1. The second-order valence-corrected chi connectivity index (χ2v) is 8.43. The second-order valence-electron chi connectivity index (χ2n) is 8.43. The quantitative estimate of drug-likeness (QED) is 0.827. The van der Waals surface area contributed by atoms with Gasteiger partial charge in [0, 0.05) is 47.8 Å². The van der Waals surface area contributed by atoms with Gasteiger partial charge in [-0.05, 0) is 37.1 Å². The smallest absolute Gasteiger partial charge is 0.245 e. The molecule has 1 aromatic carbocycles. The molecule has 5 nitrogen and oxygen atoms in total. The Morgan fingerprint density at radius 2 is 2.12 bits per heavy atom. The van der Waals surface area contributed by atoms with Crippen molar-refractivity contribution in [1.29, 1.82) is 0 Å². The Balaban J connectivity index is 1.76. The van der Waals surface area contributed by atoms with Gasteiger partial charge in [-0.1, -0.05) is 27.7 Å². The summed E-state index contributed by atoms with van der Waals surface area (Å²) in [4.78, 5) is 12.9. The number of benzene rings is 1. The van der Waals surface area contributed by atoms with Crippen molar-refractivity contribution in [2.24, 2.45) is 17.1 Å². The lowest BCUT2D eigenvalue weighted by molar-refractivity contribution is -0.166. The van der Waals surface area contributed by atoms with Gasteiger partial charge < -0.3 is 20.4 Å². The summed E-state index contributed by atoms with van der Waals surface area (Å²) in [5.41, 5.74) is 7.13. The second kappa shape index (κ2) is 6.71. The van der Waals surface area contributed by atoms with Crippen molar-refractivity contribution in [2.45, 2.75) is 59.2 Å². The van der Waals surface area contributed by atoms with E-state index >= 15 is 0 Å². The highest BCUT2D eigenvalue weighted by atomic mass is 16.5. The third-order valence-corrected chi connectivity index (χ3v) is 5.83. The Bertz CT molecular complexity index is 809. The van der Waals surface area contributed by atoms with Gasteiger partial charge in [-0.25, -0.2) is 0 Å². The van der Waals surface area contributed by atoms with Crippen LogP contribution in [0.1, 0.15) is 41.0 Å². The van der Waals surface area contributed by atoms with E-state index in [4.69, 9.17) is 10.5 Å². The van der Waals surface area contributed by atoms with Crippen molar-refractivity contribution >= 4 is 22.5 Å². The molecule has 0 aliphatic heterocycles. The summed E-state index contributed by atoms with van der Waals surface area (Å²) in [5.74, 6) is 0.445. The van der Waals surface area contributed by atoms with E-state index in [2.05, 4.69) is 42.1 Å². The third-order valence-electron chi connectivity index (χ3n) is 5.83. The van der Waals surface area contributed by atoms with Crippen molar-refractivity contribution < 1.29 is 9.53 Å². The molecule has 1 fully saturated rings. The first-order chi connectivity index (χ1) is 12.2. The minimum atomic E-state index is -0.911. The predicted octanol–water partition coefficient (Wildman–Crippen LogP) is 3.77. The summed E-state index contributed by atoms with van der Waals surface area (Å²) >= 11 is 0. The molecule has 26 heavy (non-hydrogen) atoms. The van der Waals surface area contributed by atoms with Gasteiger partial charge in [-0.2, -0.15) is 0 Å².